The first kappa shape index (κ1) is 13.8. The molecule has 0 saturated heterocycles. The van der Waals surface area contributed by atoms with Crippen LogP contribution >= 0.6 is 0 Å². The second kappa shape index (κ2) is 6.52. The third kappa shape index (κ3) is 3.44. The number of nitrogens with zero attached hydrogens (tertiary/aromatic N) is 3. The van der Waals surface area contributed by atoms with E-state index in [0.717, 1.165) is 49.1 Å². The van der Waals surface area contributed by atoms with Gasteiger partial charge in [0.15, 0.2) is 5.82 Å². The number of hydrogen-bond acceptors (Lipinski definition) is 4. The van der Waals surface area contributed by atoms with E-state index in [1.165, 1.54) is 0 Å². The molecule has 2 aromatic heterocycles. The zero-order valence-corrected chi connectivity index (χ0v) is 11.9. The predicted molar refractivity (Wildman–Crippen MR) is 74.0 cm³/mol. The summed E-state index contributed by atoms with van der Waals surface area (Å²) < 4.78 is 7.72. The Bertz CT molecular complexity index is 515. The van der Waals surface area contributed by atoms with Crippen molar-refractivity contribution in [3.05, 3.63) is 35.3 Å². The maximum Gasteiger partial charge on any atom is 0.150 e. The Morgan fingerprint density at radius 3 is 2.63 bits per heavy atom. The van der Waals surface area contributed by atoms with Crippen LogP contribution in [0.2, 0.25) is 0 Å². The fourth-order valence-corrected chi connectivity index (χ4v) is 1.96. The zero-order chi connectivity index (χ0) is 13.7. The Hall–Kier alpha value is -1.62. The second-order valence-electron chi connectivity index (χ2n) is 4.46. The molecule has 2 rings (SSSR count). The number of nitrogens with one attached hydrogen (secondary N) is 1. The minimum atomic E-state index is 0.655. The molecule has 0 aliphatic rings. The Balaban J connectivity index is 2.07. The van der Waals surface area contributed by atoms with Gasteiger partial charge in [-0.1, -0.05) is 20.8 Å². The van der Waals surface area contributed by atoms with Crippen LogP contribution in [0.5, 0.6) is 0 Å². The first-order valence-electron chi connectivity index (χ1n) is 6.97. The maximum absolute atomic E-state index is 5.78. The lowest BCUT2D eigenvalue weighted by molar-refractivity contribution is 0.428. The van der Waals surface area contributed by atoms with Gasteiger partial charge in [-0.25, -0.2) is 9.67 Å². The molecule has 0 fully saturated rings. The summed E-state index contributed by atoms with van der Waals surface area (Å²) in [6, 6.07) is 4.03. The van der Waals surface area contributed by atoms with Gasteiger partial charge in [0.1, 0.15) is 23.9 Å². The Morgan fingerprint density at radius 1 is 1.16 bits per heavy atom. The lowest BCUT2D eigenvalue weighted by Gasteiger charge is -2.02. The highest BCUT2D eigenvalue weighted by Gasteiger charge is 2.09. The summed E-state index contributed by atoms with van der Waals surface area (Å²) in [5, 5.41) is 7.75. The molecule has 0 atom stereocenters. The standard InChI is InChI=1S/C14H22N4O/c1-4-13-16-14(5-2)18(17-13)10-12-8-7-11(19-12)9-15-6-3/h7-8,15H,4-6,9-10H2,1-3H3. The second-order valence-corrected chi connectivity index (χ2v) is 4.46. The van der Waals surface area contributed by atoms with E-state index in [9.17, 15) is 0 Å². The summed E-state index contributed by atoms with van der Waals surface area (Å²) >= 11 is 0. The molecule has 0 unspecified atom stereocenters. The molecule has 0 spiro atoms. The van der Waals surface area contributed by atoms with Crippen molar-refractivity contribution in [3.63, 3.8) is 0 Å². The smallest absolute Gasteiger partial charge is 0.150 e. The van der Waals surface area contributed by atoms with Crippen LogP contribution in [0.1, 0.15) is 43.9 Å². The average molecular weight is 262 g/mol. The van der Waals surface area contributed by atoms with E-state index in [1.807, 2.05) is 16.8 Å². The fourth-order valence-electron chi connectivity index (χ4n) is 1.96. The van der Waals surface area contributed by atoms with Gasteiger partial charge in [-0.05, 0) is 18.7 Å². The van der Waals surface area contributed by atoms with E-state index in [1.54, 1.807) is 0 Å². The molecular formula is C14H22N4O. The molecule has 5 nitrogen and oxygen atoms in total. The van der Waals surface area contributed by atoms with E-state index in [4.69, 9.17) is 4.42 Å². The van der Waals surface area contributed by atoms with E-state index in [2.05, 4.69) is 36.2 Å². The monoisotopic (exact) mass is 262 g/mol. The Labute approximate surface area is 114 Å². The number of furan rings is 1. The van der Waals surface area contributed by atoms with E-state index in [0.29, 0.717) is 6.54 Å². The van der Waals surface area contributed by atoms with Gasteiger partial charge in [0.05, 0.1) is 6.54 Å². The molecule has 0 aromatic carbocycles. The molecule has 0 aliphatic heterocycles. The quantitative estimate of drug-likeness (QED) is 0.830. The molecule has 104 valence electrons. The van der Waals surface area contributed by atoms with Gasteiger partial charge in [-0.15, -0.1) is 0 Å². The zero-order valence-electron chi connectivity index (χ0n) is 11.9. The number of hydrogen-bond donors (Lipinski definition) is 1. The van der Waals surface area contributed by atoms with Gasteiger partial charge in [0.2, 0.25) is 0 Å². The van der Waals surface area contributed by atoms with Crippen LogP contribution in [0.25, 0.3) is 0 Å². The normalized spacial score (nSPS) is 11.1. The molecule has 0 bridgehead atoms. The highest BCUT2D eigenvalue weighted by Crippen LogP contribution is 2.11. The molecule has 2 aromatic rings. The number of rotatable bonds is 7. The van der Waals surface area contributed by atoms with Gasteiger partial charge >= 0.3 is 0 Å². The predicted octanol–water partition coefficient (Wildman–Crippen LogP) is 2.15. The minimum absolute atomic E-state index is 0.655. The van der Waals surface area contributed by atoms with Gasteiger partial charge in [-0.2, -0.15) is 5.10 Å². The van der Waals surface area contributed by atoms with Crippen molar-refractivity contribution >= 4 is 0 Å². The Kier molecular flexibility index (Phi) is 4.74. The van der Waals surface area contributed by atoms with Crippen molar-refractivity contribution in [1.82, 2.24) is 20.1 Å². The minimum Gasteiger partial charge on any atom is -0.463 e. The van der Waals surface area contributed by atoms with Gasteiger partial charge in [-0.3, -0.25) is 0 Å². The summed E-state index contributed by atoms with van der Waals surface area (Å²) in [5.41, 5.74) is 0. The number of aryl methyl sites for hydroxylation is 2. The summed E-state index contributed by atoms with van der Waals surface area (Å²) in [4.78, 5) is 4.50. The first-order valence-corrected chi connectivity index (χ1v) is 6.97. The molecule has 5 heteroatoms. The topological polar surface area (TPSA) is 55.9 Å². The third-order valence-electron chi connectivity index (χ3n) is 3.00. The van der Waals surface area contributed by atoms with E-state index < -0.39 is 0 Å². The summed E-state index contributed by atoms with van der Waals surface area (Å²) in [6.07, 6.45) is 1.75. The molecule has 0 aliphatic carbocycles. The fraction of sp³-hybridized carbons (Fsp3) is 0.571. The molecular weight excluding hydrogens is 240 g/mol. The van der Waals surface area contributed by atoms with Crippen LogP contribution < -0.4 is 5.32 Å². The molecule has 2 heterocycles. The molecule has 0 saturated carbocycles. The van der Waals surface area contributed by atoms with Crippen molar-refractivity contribution in [2.24, 2.45) is 0 Å². The highest BCUT2D eigenvalue weighted by atomic mass is 16.3. The van der Waals surface area contributed by atoms with Crippen LogP contribution in [-0.2, 0) is 25.9 Å². The maximum atomic E-state index is 5.78. The van der Waals surface area contributed by atoms with Gasteiger partial charge in [0.25, 0.3) is 0 Å². The van der Waals surface area contributed by atoms with Crippen molar-refractivity contribution in [3.8, 4) is 0 Å². The highest BCUT2D eigenvalue weighted by molar-refractivity contribution is 5.08. The van der Waals surface area contributed by atoms with Crippen molar-refractivity contribution in [1.29, 1.82) is 0 Å². The van der Waals surface area contributed by atoms with Gasteiger partial charge in [0, 0.05) is 12.8 Å². The van der Waals surface area contributed by atoms with Crippen LogP contribution in [0.4, 0.5) is 0 Å². The van der Waals surface area contributed by atoms with Crippen molar-refractivity contribution in [2.45, 2.75) is 46.7 Å². The van der Waals surface area contributed by atoms with E-state index in [-0.39, 0.29) is 0 Å². The van der Waals surface area contributed by atoms with Crippen molar-refractivity contribution < 1.29 is 4.42 Å². The van der Waals surface area contributed by atoms with Crippen LogP contribution in [-0.4, -0.2) is 21.3 Å². The summed E-state index contributed by atoms with van der Waals surface area (Å²) in [7, 11) is 0. The number of aromatic nitrogens is 3. The molecule has 1 N–H and O–H groups in total. The largest absolute Gasteiger partial charge is 0.463 e. The summed E-state index contributed by atoms with van der Waals surface area (Å²) in [5.74, 6) is 3.80. The summed E-state index contributed by atoms with van der Waals surface area (Å²) in [6.45, 7) is 8.62. The average Bonchev–Trinajstić information content (AvgIpc) is 3.03. The molecule has 0 amide bonds. The van der Waals surface area contributed by atoms with E-state index >= 15 is 0 Å². The lowest BCUT2D eigenvalue weighted by atomic mass is 10.4. The Morgan fingerprint density at radius 2 is 1.95 bits per heavy atom. The van der Waals surface area contributed by atoms with Crippen LogP contribution in [0.15, 0.2) is 16.5 Å². The molecule has 0 radical (unpaired) electrons. The van der Waals surface area contributed by atoms with Crippen LogP contribution in [0.3, 0.4) is 0 Å². The van der Waals surface area contributed by atoms with Crippen molar-refractivity contribution in [2.75, 3.05) is 6.54 Å². The van der Waals surface area contributed by atoms with Crippen LogP contribution in [0, 0.1) is 0 Å². The SMILES string of the molecule is CCNCc1ccc(Cn2nc(CC)nc2CC)o1. The molecule has 19 heavy (non-hydrogen) atoms. The third-order valence-corrected chi connectivity index (χ3v) is 3.00. The lowest BCUT2D eigenvalue weighted by Crippen LogP contribution is -2.11. The first-order chi connectivity index (χ1) is 9.26. The van der Waals surface area contributed by atoms with Gasteiger partial charge < -0.3 is 9.73 Å².